The summed E-state index contributed by atoms with van der Waals surface area (Å²) in [7, 11) is 1.77. The highest BCUT2D eigenvalue weighted by molar-refractivity contribution is 6.08. The molecule has 0 radical (unpaired) electrons. The molecule has 2 rings (SSSR count). The van der Waals surface area contributed by atoms with E-state index in [1.165, 1.54) is 0 Å². The molecule has 0 aliphatic heterocycles. The van der Waals surface area contributed by atoms with Crippen LogP contribution in [0, 0.1) is 6.92 Å². The molecule has 4 heteroatoms. The van der Waals surface area contributed by atoms with Crippen LogP contribution in [0.2, 0.25) is 0 Å². The minimum absolute atomic E-state index is 0.0420. The third-order valence-corrected chi connectivity index (χ3v) is 2.64. The summed E-state index contributed by atoms with van der Waals surface area (Å²) < 4.78 is 7.00. The van der Waals surface area contributed by atoms with Crippen molar-refractivity contribution in [2.45, 2.75) is 13.8 Å². The first-order valence-electron chi connectivity index (χ1n) is 5.90. The van der Waals surface area contributed by atoms with Crippen LogP contribution in [0.5, 0.6) is 5.75 Å². The number of carbonyl (C=O) groups excluding carboxylic acids is 1. The molecule has 2 aromatic rings. The van der Waals surface area contributed by atoms with Gasteiger partial charge >= 0.3 is 0 Å². The maximum Gasteiger partial charge on any atom is 0.211 e. The van der Waals surface area contributed by atoms with Crippen molar-refractivity contribution >= 4 is 5.78 Å². The van der Waals surface area contributed by atoms with Gasteiger partial charge in [0.1, 0.15) is 11.4 Å². The second kappa shape index (κ2) is 5.04. The van der Waals surface area contributed by atoms with Crippen LogP contribution in [0.4, 0.5) is 0 Å². The largest absolute Gasteiger partial charge is 0.494 e. The van der Waals surface area contributed by atoms with Gasteiger partial charge in [-0.25, -0.2) is 0 Å². The molecule has 0 bridgehead atoms. The molecular weight excluding hydrogens is 228 g/mol. The van der Waals surface area contributed by atoms with Crippen LogP contribution in [0.1, 0.15) is 28.7 Å². The van der Waals surface area contributed by atoms with Crippen molar-refractivity contribution in [2.75, 3.05) is 6.61 Å². The Bertz CT molecular complexity index is 573. The van der Waals surface area contributed by atoms with Gasteiger partial charge in [-0.15, -0.1) is 0 Å². The van der Waals surface area contributed by atoms with Crippen LogP contribution in [-0.4, -0.2) is 22.2 Å². The molecule has 1 aromatic heterocycles. The molecule has 0 saturated carbocycles. The Morgan fingerprint density at radius 2 is 2.17 bits per heavy atom. The molecule has 4 nitrogen and oxygen atoms in total. The Hall–Kier alpha value is -2.10. The number of hydrogen-bond acceptors (Lipinski definition) is 3. The molecule has 0 aliphatic carbocycles. The number of aryl methyl sites for hydroxylation is 2. The topological polar surface area (TPSA) is 44.1 Å². The Morgan fingerprint density at radius 1 is 1.39 bits per heavy atom. The molecule has 0 atom stereocenters. The minimum atomic E-state index is -0.0420. The number of hydrogen-bond donors (Lipinski definition) is 0. The van der Waals surface area contributed by atoms with Crippen LogP contribution < -0.4 is 4.74 Å². The summed E-state index contributed by atoms with van der Waals surface area (Å²) in [6, 6.07) is 8.99. The number of ether oxygens (including phenoxy) is 1. The highest BCUT2D eigenvalue weighted by atomic mass is 16.5. The van der Waals surface area contributed by atoms with Crippen LogP contribution in [0.3, 0.4) is 0 Å². The molecule has 0 aliphatic rings. The molecule has 0 fully saturated rings. The van der Waals surface area contributed by atoms with E-state index in [2.05, 4.69) is 5.10 Å². The standard InChI is InChI=1S/C14H16N2O2/c1-4-18-12-7-5-6-11(9-12)14(17)13-8-10(2)15-16(13)3/h5-9H,4H2,1-3H3. The molecule has 18 heavy (non-hydrogen) atoms. The van der Waals surface area contributed by atoms with Crippen molar-refractivity contribution in [3.05, 3.63) is 47.3 Å². The van der Waals surface area contributed by atoms with Gasteiger partial charge in [0, 0.05) is 12.6 Å². The van der Waals surface area contributed by atoms with Crippen LogP contribution in [-0.2, 0) is 7.05 Å². The summed E-state index contributed by atoms with van der Waals surface area (Å²) in [5, 5.41) is 4.18. The molecule has 1 aromatic carbocycles. The quantitative estimate of drug-likeness (QED) is 0.775. The molecule has 0 N–H and O–H groups in total. The Labute approximate surface area is 106 Å². The lowest BCUT2D eigenvalue weighted by Gasteiger charge is -2.05. The SMILES string of the molecule is CCOc1cccc(C(=O)c2cc(C)nn2C)c1. The predicted molar refractivity (Wildman–Crippen MR) is 69.0 cm³/mol. The lowest BCUT2D eigenvalue weighted by molar-refractivity contribution is 0.103. The van der Waals surface area contributed by atoms with Crippen molar-refractivity contribution in [1.29, 1.82) is 0 Å². The van der Waals surface area contributed by atoms with E-state index in [4.69, 9.17) is 4.74 Å². The Morgan fingerprint density at radius 3 is 2.78 bits per heavy atom. The summed E-state index contributed by atoms with van der Waals surface area (Å²) in [6.07, 6.45) is 0. The maximum atomic E-state index is 12.3. The third kappa shape index (κ3) is 2.42. The number of ketones is 1. The molecule has 94 valence electrons. The third-order valence-electron chi connectivity index (χ3n) is 2.64. The van der Waals surface area contributed by atoms with Gasteiger partial charge in [0.25, 0.3) is 0 Å². The zero-order chi connectivity index (χ0) is 13.1. The van der Waals surface area contributed by atoms with Crippen molar-refractivity contribution in [3.8, 4) is 5.75 Å². The number of nitrogens with zero attached hydrogens (tertiary/aromatic N) is 2. The van der Waals surface area contributed by atoms with Gasteiger partial charge in [0.15, 0.2) is 0 Å². The fraction of sp³-hybridized carbons (Fsp3) is 0.286. The summed E-state index contributed by atoms with van der Waals surface area (Å²) in [6.45, 7) is 4.37. The zero-order valence-corrected chi connectivity index (χ0v) is 10.8. The van der Waals surface area contributed by atoms with E-state index in [1.807, 2.05) is 26.0 Å². The van der Waals surface area contributed by atoms with Crippen LogP contribution >= 0.6 is 0 Å². The van der Waals surface area contributed by atoms with Gasteiger partial charge < -0.3 is 4.74 Å². The molecule has 0 unspecified atom stereocenters. The van der Waals surface area contributed by atoms with Gasteiger partial charge in [-0.2, -0.15) is 5.10 Å². The fourth-order valence-electron chi connectivity index (χ4n) is 1.86. The zero-order valence-electron chi connectivity index (χ0n) is 10.8. The normalized spacial score (nSPS) is 10.4. The van der Waals surface area contributed by atoms with Crippen molar-refractivity contribution in [2.24, 2.45) is 7.05 Å². The maximum absolute atomic E-state index is 12.3. The van der Waals surface area contributed by atoms with Gasteiger partial charge in [0.2, 0.25) is 5.78 Å². The minimum Gasteiger partial charge on any atom is -0.494 e. The van der Waals surface area contributed by atoms with Gasteiger partial charge in [-0.05, 0) is 32.0 Å². The first-order chi connectivity index (χ1) is 8.61. The molecule has 0 saturated heterocycles. The number of rotatable bonds is 4. The van der Waals surface area contributed by atoms with E-state index < -0.39 is 0 Å². The van der Waals surface area contributed by atoms with E-state index in [0.29, 0.717) is 23.6 Å². The second-order valence-electron chi connectivity index (χ2n) is 4.08. The summed E-state index contributed by atoms with van der Waals surface area (Å²) in [4.78, 5) is 12.3. The van der Waals surface area contributed by atoms with Gasteiger partial charge in [0.05, 0.1) is 12.3 Å². The smallest absolute Gasteiger partial charge is 0.211 e. The number of benzene rings is 1. The van der Waals surface area contributed by atoms with Crippen molar-refractivity contribution in [1.82, 2.24) is 9.78 Å². The average Bonchev–Trinajstić information content (AvgIpc) is 2.68. The van der Waals surface area contributed by atoms with E-state index in [-0.39, 0.29) is 5.78 Å². The fourth-order valence-corrected chi connectivity index (χ4v) is 1.86. The summed E-state index contributed by atoms with van der Waals surface area (Å²) >= 11 is 0. The average molecular weight is 244 g/mol. The number of aromatic nitrogens is 2. The van der Waals surface area contributed by atoms with E-state index in [9.17, 15) is 4.79 Å². The Balaban J connectivity index is 2.34. The van der Waals surface area contributed by atoms with Crippen LogP contribution in [0.15, 0.2) is 30.3 Å². The van der Waals surface area contributed by atoms with Crippen molar-refractivity contribution in [3.63, 3.8) is 0 Å². The van der Waals surface area contributed by atoms with E-state index >= 15 is 0 Å². The lowest BCUT2D eigenvalue weighted by atomic mass is 10.1. The van der Waals surface area contributed by atoms with Crippen molar-refractivity contribution < 1.29 is 9.53 Å². The summed E-state index contributed by atoms with van der Waals surface area (Å²) in [5.74, 6) is 0.668. The molecule has 0 spiro atoms. The molecule has 1 heterocycles. The van der Waals surface area contributed by atoms with Gasteiger partial charge in [-0.3, -0.25) is 9.48 Å². The predicted octanol–water partition coefficient (Wildman–Crippen LogP) is 2.36. The van der Waals surface area contributed by atoms with Crippen LogP contribution in [0.25, 0.3) is 0 Å². The molecular formula is C14H16N2O2. The highest BCUT2D eigenvalue weighted by Gasteiger charge is 2.14. The first-order valence-corrected chi connectivity index (χ1v) is 5.90. The highest BCUT2D eigenvalue weighted by Crippen LogP contribution is 2.17. The van der Waals surface area contributed by atoms with E-state index in [0.717, 1.165) is 5.69 Å². The van der Waals surface area contributed by atoms with Gasteiger partial charge in [-0.1, -0.05) is 12.1 Å². The second-order valence-corrected chi connectivity index (χ2v) is 4.08. The summed E-state index contributed by atoms with van der Waals surface area (Å²) in [5.41, 5.74) is 2.03. The van der Waals surface area contributed by atoms with E-state index in [1.54, 1.807) is 29.9 Å². The number of carbonyl (C=O) groups is 1. The monoisotopic (exact) mass is 244 g/mol. The first kappa shape index (κ1) is 12.4. The lowest BCUT2D eigenvalue weighted by Crippen LogP contribution is -2.08. The molecule has 0 amide bonds. The Kier molecular flexibility index (Phi) is 3.46.